The number of pyridine rings is 1. The second kappa shape index (κ2) is 7.05. The van der Waals surface area contributed by atoms with Crippen LogP contribution in [-0.2, 0) is 17.5 Å². The van der Waals surface area contributed by atoms with Crippen LogP contribution in [0.1, 0.15) is 30.3 Å². The third kappa shape index (κ3) is 3.30. The fourth-order valence-electron chi connectivity index (χ4n) is 3.99. The Kier molecular flexibility index (Phi) is 4.46. The monoisotopic (exact) mass is 419 g/mol. The number of hydrogen-bond donors (Lipinski definition) is 0. The molecule has 0 spiro atoms. The summed E-state index contributed by atoms with van der Waals surface area (Å²) in [6.07, 6.45) is 0.363. The molecule has 0 bridgehead atoms. The molecule has 0 atom stereocenters. The van der Waals surface area contributed by atoms with Crippen molar-refractivity contribution in [1.29, 1.82) is 0 Å². The van der Waals surface area contributed by atoms with Gasteiger partial charge < -0.3 is 9.30 Å². The summed E-state index contributed by atoms with van der Waals surface area (Å²) in [7, 11) is 0. The molecule has 0 amide bonds. The number of ether oxygens (including phenoxy) is 1. The van der Waals surface area contributed by atoms with Gasteiger partial charge in [-0.1, -0.05) is 0 Å². The number of imidazole rings is 1. The van der Waals surface area contributed by atoms with Crippen LogP contribution in [0.2, 0.25) is 0 Å². The highest BCUT2D eigenvalue weighted by Gasteiger charge is 2.32. The number of alkyl halides is 3. The molecule has 1 aliphatic heterocycles. The van der Waals surface area contributed by atoms with Crippen molar-refractivity contribution >= 4 is 21.9 Å². The lowest BCUT2D eigenvalue weighted by atomic mass is 10.1. The van der Waals surface area contributed by atoms with Crippen molar-refractivity contribution in [1.82, 2.24) is 24.3 Å². The van der Waals surface area contributed by atoms with Gasteiger partial charge >= 0.3 is 6.18 Å². The summed E-state index contributed by atoms with van der Waals surface area (Å²) in [6.45, 7) is 1.20. The second-order valence-corrected chi connectivity index (χ2v) is 7.32. The van der Waals surface area contributed by atoms with Crippen molar-refractivity contribution in [2.45, 2.75) is 31.6 Å². The molecule has 6 nitrogen and oxygen atoms in total. The van der Waals surface area contributed by atoms with Crippen molar-refractivity contribution in [3.8, 4) is 0 Å². The predicted molar refractivity (Wildman–Crippen MR) is 100 cm³/mol. The van der Waals surface area contributed by atoms with Crippen LogP contribution in [0.4, 0.5) is 17.6 Å². The normalized spacial score (nSPS) is 16.0. The lowest BCUT2D eigenvalue weighted by molar-refractivity contribution is -0.137. The van der Waals surface area contributed by atoms with Crippen molar-refractivity contribution in [3.63, 3.8) is 0 Å². The Morgan fingerprint density at radius 2 is 1.90 bits per heavy atom. The SMILES string of the molecule is Fc1ccc2ncc3nc(Cn4cc(C(F)(F)F)cn4)n(C4CCOCC4)c3c2c1. The van der Waals surface area contributed by atoms with Gasteiger partial charge in [-0.3, -0.25) is 9.67 Å². The maximum Gasteiger partial charge on any atom is 0.419 e. The number of benzene rings is 1. The zero-order valence-corrected chi connectivity index (χ0v) is 15.7. The minimum absolute atomic E-state index is 0.0327. The van der Waals surface area contributed by atoms with Crippen molar-refractivity contribution in [2.24, 2.45) is 0 Å². The summed E-state index contributed by atoms with van der Waals surface area (Å²) in [5.74, 6) is 0.159. The Morgan fingerprint density at radius 3 is 2.63 bits per heavy atom. The molecule has 1 aromatic carbocycles. The van der Waals surface area contributed by atoms with E-state index < -0.39 is 11.7 Å². The number of fused-ring (bicyclic) bond motifs is 3. The van der Waals surface area contributed by atoms with Crippen LogP contribution in [0.15, 0.2) is 36.8 Å². The number of rotatable bonds is 3. The van der Waals surface area contributed by atoms with Gasteiger partial charge in [0.05, 0.1) is 35.5 Å². The van der Waals surface area contributed by atoms with Crippen molar-refractivity contribution in [3.05, 3.63) is 54.0 Å². The first-order valence-corrected chi connectivity index (χ1v) is 9.52. The van der Waals surface area contributed by atoms with E-state index in [1.165, 1.54) is 16.8 Å². The average Bonchev–Trinajstić information content (AvgIpc) is 3.33. The van der Waals surface area contributed by atoms with Crippen LogP contribution < -0.4 is 0 Å². The standard InChI is InChI=1S/C20H17F4N5O/c21-13-1-2-16-15(7-13)19-17(9-25-16)27-18(29(19)14-3-5-30-6-4-14)11-28-10-12(8-26-28)20(22,23)24/h1-2,7-10,14H,3-6,11H2. The number of halogens is 4. The first-order valence-electron chi connectivity index (χ1n) is 9.52. The number of hydrogen-bond acceptors (Lipinski definition) is 4. The number of nitrogens with zero attached hydrogens (tertiary/aromatic N) is 5. The summed E-state index contributed by atoms with van der Waals surface area (Å²) < 4.78 is 61.6. The van der Waals surface area contributed by atoms with Crippen LogP contribution in [0, 0.1) is 5.82 Å². The van der Waals surface area contributed by atoms with Gasteiger partial charge in [0.15, 0.2) is 0 Å². The maximum atomic E-state index is 14.0. The first kappa shape index (κ1) is 19.0. The number of aromatic nitrogens is 5. The van der Waals surface area contributed by atoms with Gasteiger partial charge in [-0.15, -0.1) is 0 Å². The molecule has 4 heterocycles. The van der Waals surface area contributed by atoms with E-state index in [2.05, 4.69) is 15.1 Å². The molecule has 156 valence electrons. The van der Waals surface area contributed by atoms with E-state index in [-0.39, 0.29) is 18.4 Å². The predicted octanol–water partition coefficient (Wildman–Crippen LogP) is 4.34. The molecule has 5 rings (SSSR count). The van der Waals surface area contributed by atoms with E-state index in [9.17, 15) is 17.6 Å². The largest absolute Gasteiger partial charge is 0.419 e. The molecular weight excluding hydrogens is 402 g/mol. The summed E-state index contributed by atoms with van der Waals surface area (Å²) >= 11 is 0. The fourth-order valence-corrected chi connectivity index (χ4v) is 3.99. The highest BCUT2D eigenvalue weighted by molar-refractivity contribution is 6.02. The van der Waals surface area contributed by atoms with Crippen LogP contribution in [-0.4, -0.2) is 37.5 Å². The van der Waals surface area contributed by atoms with Crippen LogP contribution in [0.3, 0.4) is 0 Å². The summed E-state index contributed by atoms with van der Waals surface area (Å²) in [5, 5.41) is 4.47. The van der Waals surface area contributed by atoms with Gasteiger partial charge in [0, 0.05) is 30.8 Å². The molecule has 0 saturated carbocycles. The zero-order chi connectivity index (χ0) is 20.9. The summed E-state index contributed by atoms with van der Waals surface area (Å²) in [4.78, 5) is 8.98. The molecule has 0 aliphatic carbocycles. The van der Waals surface area contributed by atoms with Gasteiger partial charge in [-0.25, -0.2) is 9.37 Å². The minimum Gasteiger partial charge on any atom is -0.381 e. The highest BCUT2D eigenvalue weighted by Crippen LogP contribution is 2.33. The molecule has 10 heteroatoms. The van der Waals surface area contributed by atoms with Gasteiger partial charge in [0.2, 0.25) is 0 Å². The van der Waals surface area contributed by atoms with Crippen molar-refractivity contribution in [2.75, 3.05) is 13.2 Å². The van der Waals surface area contributed by atoms with E-state index in [1.54, 1.807) is 12.3 Å². The summed E-state index contributed by atoms with van der Waals surface area (Å²) in [5.41, 5.74) is 1.11. The van der Waals surface area contributed by atoms with Gasteiger partial charge in [-0.2, -0.15) is 18.3 Å². The van der Waals surface area contributed by atoms with Crippen LogP contribution >= 0.6 is 0 Å². The Morgan fingerprint density at radius 1 is 1.10 bits per heavy atom. The molecule has 4 aromatic rings. The topological polar surface area (TPSA) is 57.8 Å². The minimum atomic E-state index is -4.46. The molecule has 30 heavy (non-hydrogen) atoms. The average molecular weight is 419 g/mol. The Bertz CT molecular complexity index is 1220. The Hall–Kier alpha value is -3.01. The van der Waals surface area contributed by atoms with Crippen molar-refractivity contribution < 1.29 is 22.3 Å². The molecule has 1 aliphatic rings. The smallest absolute Gasteiger partial charge is 0.381 e. The Balaban J connectivity index is 1.68. The van der Waals surface area contributed by atoms with E-state index in [0.29, 0.717) is 35.5 Å². The second-order valence-electron chi connectivity index (χ2n) is 7.32. The Labute approximate surface area is 168 Å². The molecule has 0 N–H and O–H groups in total. The molecule has 0 radical (unpaired) electrons. The molecule has 1 saturated heterocycles. The third-order valence-corrected chi connectivity index (χ3v) is 5.37. The fraction of sp³-hybridized carbons (Fsp3) is 0.350. The van der Waals surface area contributed by atoms with E-state index >= 15 is 0 Å². The quantitative estimate of drug-likeness (QED) is 0.464. The highest BCUT2D eigenvalue weighted by atomic mass is 19.4. The molecule has 3 aromatic heterocycles. The van der Waals surface area contributed by atoms with Gasteiger partial charge in [-0.05, 0) is 31.0 Å². The van der Waals surface area contributed by atoms with Crippen LogP contribution in [0.5, 0.6) is 0 Å². The molecule has 0 unspecified atom stereocenters. The van der Waals surface area contributed by atoms with E-state index in [0.717, 1.165) is 30.8 Å². The van der Waals surface area contributed by atoms with Gasteiger partial charge in [0.25, 0.3) is 0 Å². The molecule has 1 fully saturated rings. The molecular formula is C20H17F4N5O. The zero-order valence-electron chi connectivity index (χ0n) is 15.7. The third-order valence-electron chi connectivity index (χ3n) is 5.37. The summed E-state index contributed by atoms with van der Waals surface area (Å²) in [6, 6.07) is 4.40. The van der Waals surface area contributed by atoms with E-state index in [4.69, 9.17) is 4.74 Å². The first-order chi connectivity index (χ1) is 14.4. The van der Waals surface area contributed by atoms with E-state index in [1.807, 2.05) is 4.57 Å². The lowest BCUT2D eigenvalue weighted by Gasteiger charge is -2.26. The lowest BCUT2D eigenvalue weighted by Crippen LogP contribution is -2.22. The van der Waals surface area contributed by atoms with Gasteiger partial charge in [0.1, 0.15) is 17.2 Å². The maximum absolute atomic E-state index is 14.0. The van der Waals surface area contributed by atoms with Crippen LogP contribution in [0.25, 0.3) is 21.9 Å².